The molecular formula is C14H11ClN2S2. The average Bonchev–Trinajstić information content (AvgIpc) is 2.74. The van der Waals surface area contributed by atoms with Crippen LogP contribution >= 0.6 is 35.2 Å². The molecule has 3 rings (SSSR count). The van der Waals surface area contributed by atoms with Crippen LogP contribution in [0.1, 0.15) is 0 Å². The Morgan fingerprint density at radius 2 is 1.84 bits per heavy atom. The van der Waals surface area contributed by atoms with Crippen molar-refractivity contribution in [3.05, 3.63) is 57.5 Å². The highest BCUT2D eigenvalue weighted by molar-refractivity contribution is 7.73. The molecule has 2 aromatic carbocycles. The summed E-state index contributed by atoms with van der Waals surface area (Å²) in [5, 5.41) is 4.09. The van der Waals surface area contributed by atoms with Crippen LogP contribution in [0.5, 0.6) is 0 Å². The number of halogens is 1. The van der Waals surface area contributed by atoms with Crippen LogP contribution in [0.15, 0.2) is 48.5 Å². The highest BCUT2D eigenvalue weighted by atomic mass is 35.5. The summed E-state index contributed by atoms with van der Waals surface area (Å²) in [5.41, 5.74) is 2.19. The van der Waals surface area contributed by atoms with Gasteiger partial charge in [0.2, 0.25) is 0 Å². The zero-order valence-corrected chi connectivity index (χ0v) is 12.4. The van der Waals surface area contributed by atoms with Gasteiger partial charge in [-0.15, -0.1) is 11.3 Å². The van der Waals surface area contributed by atoms with E-state index in [1.165, 1.54) is 10.2 Å². The predicted molar refractivity (Wildman–Crippen MR) is 85.7 cm³/mol. The van der Waals surface area contributed by atoms with E-state index in [4.69, 9.17) is 23.8 Å². The van der Waals surface area contributed by atoms with Gasteiger partial charge in [-0.25, -0.2) is 0 Å². The van der Waals surface area contributed by atoms with E-state index in [2.05, 4.69) is 22.0 Å². The fourth-order valence-corrected chi connectivity index (χ4v) is 3.35. The topological polar surface area (TPSA) is 17.0 Å². The van der Waals surface area contributed by atoms with Gasteiger partial charge in [0.25, 0.3) is 0 Å². The Bertz CT molecular complexity index is 759. The first-order chi connectivity index (χ1) is 9.24. The summed E-state index contributed by atoms with van der Waals surface area (Å²) in [6, 6.07) is 15.9. The first kappa shape index (κ1) is 12.7. The van der Waals surface area contributed by atoms with Gasteiger partial charge in [-0.1, -0.05) is 23.7 Å². The van der Waals surface area contributed by atoms with E-state index in [0.29, 0.717) is 6.67 Å². The van der Waals surface area contributed by atoms with Crippen LogP contribution in [-0.2, 0) is 6.67 Å². The van der Waals surface area contributed by atoms with Crippen molar-refractivity contribution in [3.63, 3.8) is 0 Å². The molecule has 2 nitrogen and oxygen atoms in total. The lowest BCUT2D eigenvalue weighted by Crippen LogP contribution is -2.07. The highest BCUT2D eigenvalue weighted by Gasteiger charge is 2.03. The molecule has 0 unspecified atom stereocenters. The van der Waals surface area contributed by atoms with Gasteiger partial charge in [0.15, 0.2) is 3.95 Å². The maximum Gasteiger partial charge on any atom is 0.163 e. The molecule has 1 heterocycles. The molecule has 0 saturated heterocycles. The number of nitrogens with zero attached hydrogens (tertiary/aromatic N) is 1. The molecular weight excluding hydrogens is 296 g/mol. The zero-order chi connectivity index (χ0) is 13.2. The number of rotatable bonds is 3. The molecule has 5 heteroatoms. The Morgan fingerprint density at radius 3 is 2.63 bits per heavy atom. The van der Waals surface area contributed by atoms with E-state index in [-0.39, 0.29) is 0 Å². The quantitative estimate of drug-likeness (QED) is 0.673. The number of fused-ring (bicyclic) bond motifs is 1. The Morgan fingerprint density at radius 1 is 1.11 bits per heavy atom. The van der Waals surface area contributed by atoms with Gasteiger partial charge < -0.3 is 9.88 Å². The van der Waals surface area contributed by atoms with Crippen LogP contribution in [0.4, 0.5) is 5.69 Å². The van der Waals surface area contributed by atoms with Gasteiger partial charge >= 0.3 is 0 Å². The van der Waals surface area contributed by atoms with Crippen molar-refractivity contribution in [2.45, 2.75) is 6.67 Å². The number of hydrogen-bond acceptors (Lipinski definition) is 3. The summed E-state index contributed by atoms with van der Waals surface area (Å²) in [7, 11) is 0. The van der Waals surface area contributed by atoms with Gasteiger partial charge in [-0.2, -0.15) is 0 Å². The number of aromatic nitrogens is 1. The molecule has 96 valence electrons. The lowest BCUT2D eigenvalue weighted by Gasteiger charge is -2.08. The molecule has 0 spiro atoms. The van der Waals surface area contributed by atoms with Crippen LogP contribution in [0.2, 0.25) is 5.02 Å². The van der Waals surface area contributed by atoms with Crippen LogP contribution in [0, 0.1) is 3.95 Å². The largest absolute Gasteiger partial charge is 0.367 e. The minimum absolute atomic E-state index is 0.657. The van der Waals surface area contributed by atoms with Crippen molar-refractivity contribution in [1.29, 1.82) is 0 Å². The molecule has 19 heavy (non-hydrogen) atoms. The van der Waals surface area contributed by atoms with Crippen molar-refractivity contribution in [1.82, 2.24) is 4.57 Å². The average molecular weight is 307 g/mol. The van der Waals surface area contributed by atoms with Gasteiger partial charge in [0, 0.05) is 10.7 Å². The minimum atomic E-state index is 0.657. The molecule has 1 N–H and O–H groups in total. The second kappa shape index (κ2) is 5.33. The fraction of sp³-hybridized carbons (Fsp3) is 0.0714. The maximum atomic E-state index is 5.87. The standard InChI is InChI=1S/C14H11ClN2S2/c15-10-5-7-11(8-6-10)16-9-17-12-3-1-2-4-13(12)19-14(17)18/h1-8,16H,9H2. The molecule has 0 fully saturated rings. The van der Waals surface area contributed by atoms with Gasteiger partial charge in [0.1, 0.15) is 0 Å². The molecule has 0 atom stereocenters. The van der Waals surface area contributed by atoms with E-state index in [0.717, 1.165) is 14.7 Å². The summed E-state index contributed by atoms with van der Waals surface area (Å²) in [6.07, 6.45) is 0. The number of para-hydroxylation sites is 1. The monoisotopic (exact) mass is 306 g/mol. The van der Waals surface area contributed by atoms with Crippen LogP contribution in [0.3, 0.4) is 0 Å². The lowest BCUT2D eigenvalue weighted by molar-refractivity contribution is 0.807. The van der Waals surface area contributed by atoms with Gasteiger partial charge in [-0.05, 0) is 48.6 Å². The second-order valence-corrected chi connectivity index (χ2v) is 6.22. The Kier molecular flexibility index (Phi) is 3.55. The van der Waals surface area contributed by atoms with Crippen molar-refractivity contribution in [2.75, 3.05) is 5.32 Å². The minimum Gasteiger partial charge on any atom is -0.367 e. The third-order valence-corrected chi connectivity index (χ3v) is 4.54. The van der Waals surface area contributed by atoms with Crippen molar-refractivity contribution >= 4 is 51.1 Å². The molecule has 0 saturated carbocycles. The molecule has 1 aromatic heterocycles. The molecule has 3 aromatic rings. The first-order valence-electron chi connectivity index (χ1n) is 5.82. The first-order valence-corrected chi connectivity index (χ1v) is 7.42. The summed E-state index contributed by atoms with van der Waals surface area (Å²) in [4.78, 5) is 0. The van der Waals surface area contributed by atoms with E-state index in [1.807, 2.05) is 36.4 Å². The third-order valence-electron chi connectivity index (χ3n) is 2.86. The Balaban J connectivity index is 1.87. The lowest BCUT2D eigenvalue weighted by atomic mass is 10.3. The van der Waals surface area contributed by atoms with Crippen LogP contribution in [-0.4, -0.2) is 4.57 Å². The molecule has 0 aliphatic rings. The fourth-order valence-electron chi connectivity index (χ4n) is 1.90. The van der Waals surface area contributed by atoms with Crippen molar-refractivity contribution in [3.8, 4) is 0 Å². The van der Waals surface area contributed by atoms with Gasteiger partial charge in [0.05, 0.1) is 16.9 Å². The molecule has 0 aliphatic heterocycles. The SMILES string of the molecule is S=c1sc2ccccc2n1CNc1ccc(Cl)cc1. The van der Waals surface area contributed by atoms with E-state index < -0.39 is 0 Å². The number of nitrogens with one attached hydrogen (secondary N) is 1. The van der Waals surface area contributed by atoms with Crippen LogP contribution in [0.25, 0.3) is 10.2 Å². The Labute approximate surface area is 125 Å². The molecule has 0 amide bonds. The maximum absolute atomic E-state index is 5.87. The molecule has 0 aliphatic carbocycles. The molecule has 0 bridgehead atoms. The summed E-state index contributed by atoms with van der Waals surface area (Å²) in [6.45, 7) is 0.657. The number of thiazole rings is 1. The highest BCUT2D eigenvalue weighted by Crippen LogP contribution is 2.23. The van der Waals surface area contributed by atoms with E-state index in [9.17, 15) is 0 Å². The zero-order valence-electron chi connectivity index (χ0n) is 9.97. The van der Waals surface area contributed by atoms with E-state index >= 15 is 0 Å². The predicted octanol–water partition coefficient (Wildman–Crippen LogP) is 5.16. The Hall–Kier alpha value is -1.36. The van der Waals surface area contributed by atoms with Gasteiger partial charge in [-0.3, -0.25) is 0 Å². The van der Waals surface area contributed by atoms with E-state index in [1.54, 1.807) is 11.3 Å². The van der Waals surface area contributed by atoms with Crippen LogP contribution < -0.4 is 5.32 Å². The summed E-state index contributed by atoms with van der Waals surface area (Å²) in [5.74, 6) is 0. The smallest absolute Gasteiger partial charge is 0.163 e. The summed E-state index contributed by atoms with van der Waals surface area (Å²) < 4.78 is 4.19. The van der Waals surface area contributed by atoms with Crippen molar-refractivity contribution < 1.29 is 0 Å². The number of anilines is 1. The number of benzene rings is 2. The third kappa shape index (κ3) is 2.66. The van der Waals surface area contributed by atoms with Crippen molar-refractivity contribution in [2.24, 2.45) is 0 Å². The second-order valence-electron chi connectivity index (χ2n) is 4.11. The normalized spacial score (nSPS) is 10.8. The molecule has 0 radical (unpaired) electrons. The summed E-state index contributed by atoms with van der Waals surface area (Å²) >= 11 is 12.9. The number of hydrogen-bond donors (Lipinski definition) is 1.